The van der Waals surface area contributed by atoms with Crippen molar-refractivity contribution in [2.75, 3.05) is 0 Å². The highest BCUT2D eigenvalue weighted by atomic mass is 32.2. The van der Waals surface area contributed by atoms with Crippen LogP contribution in [0.2, 0.25) is 0 Å². The van der Waals surface area contributed by atoms with Gasteiger partial charge in [-0.15, -0.1) is 11.8 Å². The molecule has 0 fully saturated rings. The molecule has 0 spiro atoms. The van der Waals surface area contributed by atoms with E-state index >= 15 is 0 Å². The second-order valence-electron chi connectivity index (χ2n) is 6.68. The molecule has 1 aliphatic rings. The molecular formula is C18H26OS. The van der Waals surface area contributed by atoms with Gasteiger partial charge in [-0.3, -0.25) is 0 Å². The van der Waals surface area contributed by atoms with Crippen LogP contribution in [0, 0.1) is 5.92 Å². The first kappa shape index (κ1) is 15.7. The minimum Gasteiger partial charge on any atom is -0.391 e. The van der Waals surface area contributed by atoms with Gasteiger partial charge in [-0.1, -0.05) is 58.4 Å². The van der Waals surface area contributed by atoms with Crippen molar-refractivity contribution in [3.63, 3.8) is 0 Å². The average Bonchev–Trinajstić information content (AvgIpc) is 2.41. The largest absolute Gasteiger partial charge is 0.391 e. The predicted octanol–water partition coefficient (Wildman–Crippen LogP) is 4.79. The number of allylic oxidation sites excluding steroid dienone is 1. The van der Waals surface area contributed by atoms with Crippen molar-refractivity contribution >= 4 is 11.8 Å². The molecule has 0 saturated carbocycles. The maximum absolute atomic E-state index is 10.4. The first-order chi connectivity index (χ1) is 9.41. The Hall–Kier alpha value is -0.730. The van der Waals surface area contributed by atoms with E-state index in [9.17, 15) is 5.11 Å². The zero-order chi connectivity index (χ0) is 14.8. The number of hydrogen-bond donors (Lipinski definition) is 1. The Bertz CT molecular complexity index is 455. The summed E-state index contributed by atoms with van der Waals surface area (Å²) in [5.41, 5.74) is 1.55. The topological polar surface area (TPSA) is 20.2 Å². The lowest BCUT2D eigenvalue weighted by molar-refractivity contribution is 0.108. The Morgan fingerprint density at radius 1 is 1.20 bits per heavy atom. The van der Waals surface area contributed by atoms with Crippen molar-refractivity contribution in [1.82, 2.24) is 0 Å². The molecule has 3 unspecified atom stereocenters. The van der Waals surface area contributed by atoms with Crippen LogP contribution in [0.3, 0.4) is 0 Å². The van der Waals surface area contributed by atoms with Gasteiger partial charge in [-0.05, 0) is 35.4 Å². The molecule has 0 bridgehead atoms. The number of benzene rings is 1. The van der Waals surface area contributed by atoms with E-state index in [2.05, 4.69) is 64.1 Å². The summed E-state index contributed by atoms with van der Waals surface area (Å²) in [6.07, 6.45) is 6.22. The van der Waals surface area contributed by atoms with Gasteiger partial charge in [-0.2, -0.15) is 0 Å². The van der Waals surface area contributed by atoms with Gasteiger partial charge < -0.3 is 5.11 Å². The molecule has 1 N–H and O–H groups in total. The molecule has 0 saturated heterocycles. The summed E-state index contributed by atoms with van der Waals surface area (Å²) in [6, 6.07) is 8.78. The molecule has 0 aliphatic heterocycles. The van der Waals surface area contributed by atoms with Crippen molar-refractivity contribution in [1.29, 1.82) is 0 Å². The average molecular weight is 290 g/mol. The van der Waals surface area contributed by atoms with Crippen LogP contribution in [0.5, 0.6) is 0 Å². The summed E-state index contributed by atoms with van der Waals surface area (Å²) >= 11 is 1.77. The SMILES string of the molecule is CCC1CC=CC(Sc2ccc(C(C)(C)C)cc2)C1O. The van der Waals surface area contributed by atoms with Crippen LogP contribution >= 0.6 is 11.8 Å². The molecule has 1 aromatic rings. The second kappa shape index (κ2) is 6.36. The molecule has 0 amide bonds. The highest BCUT2D eigenvalue weighted by molar-refractivity contribution is 8.00. The molecule has 0 aromatic heterocycles. The van der Waals surface area contributed by atoms with Crippen LogP contribution in [0.4, 0.5) is 0 Å². The third kappa shape index (κ3) is 3.67. The predicted molar refractivity (Wildman–Crippen MR) is 88.3 cm³/mol. The zero-order valence-electron chi connectivity index (χ0n) is 13.0. The lowest BCUT2D eigenvalue weighted by atomic mass is 9.87. The molecule has 20 heavy (non-hydrogen) atoms. The van der Waals surface area contributed by atoms with Crippen molar-refractivity contribution in [3.05, 3.63) is 42.0 Å². The first-order valence-corrected chi connectivity index (χ1v) is 8.41. The monoisotopic (exact) mass is 290 g/mol. The van der Waals surface area contributed by atoms with Gasteiger partial charge in [-0.25, -0.2) is 0 Å². The van der Waals surface area contributed by atoms with Gasteiger partial charge in [0.2, 0.25) is 0 Å². The third-order valence-corrected chi connectivity index (χ3v) is 5.35. The van der Waals surface area contributed by atoms with Gasteiger partial charge >= 0.3 is 0 Å². The van der Waals surface area contributed by atoms with E-state index in [1.807, 2.05) is 0 Å². The fraction of sp³-hybridized carbons (Fsp3) is 0.556. The van der Waals surface area contributed by atoms with Crippen molar-refractivity contribution in [2.24, 2.45) is 5.92 Å². The van der Waals surface area contributed by atoms with Crippen LogP contribution in [0.1, 0.15) is 46.1 Å². The normalized spacial score (nSPS) is 26.8. The standard InChI is InChI=1S/C18H26OS/c1-5-13-7-6-8-16(17(13)19)20-15-11-9-14(10-12-15)18(2,3)4/h6,8-13,16-17,19H,5,7H2,1-4H3. The number of rotatable bonds is 3. The van der Waals surface area contributed by atoms with Crippen LogP contribution < -0.4 is 0 Å². The smallest absolute Gasteiger partial charge is 0.0728 e. The maximum Gasteiger partial charge on any atom is 0.0728 e. The van der Waals surface area contributed by atoms with Crippen LogP contribution in [-0.4, -0.2) is 16.5 Å². The molecule has 2 heteroatoms. The minimum atomic E-state index is -0.225. The molecule has 110 valence electrons. The molecule has 0 radical (unpaired) electrons. The van der Waals surface area contributed by atoms with Gasteiger partial charge in [0, 0.05) is 4.90 Å². The van der Waals surface area contributed by atoms with Crippen LogP contribution in [0.15, 0.2) is 41.3 Å². The molecular weight excluding hydrogens is 264 g/mol. The molecule has 0 heterocycles. The van der Waals surface area contributed by atoms with Gasteiger partial charge in [0.25, 0.3) is 0 Å². The molecule has 3 atom stereocenters. The third-order valence-electron chi connectivity index (χ3n) is 4.10. The summed E-state index contributed by atoms with van der Waals surface area (Å²) in [6.45, 7) is 8.85. The zero-order valence-corrected chi connectivity index (χ0v) is 13.8. The molecule has 1 nitrogen and oxygen atoms in total. The Balaban J connectivity index is 2.07. The van der Waals surface area contributed by atoms with E-state index in [4.69, 9.17) is 0 Å². The number of aliphatic hydroxyl groups is 1. The fourth-order valence-electron chi connectivity index (χ4n) is 2.62. The number of aliphatic hydroxyl groups excluding tert-OH is 1. The van der Waals surface area contributed by atoms with Crippen LogP contribution in [-0.2, 0) is 5.41 Å². The van der Waals surface area contributed by atoms with Gasteiger partial charge in [0.1, 0.15) is 0 Å². The Kier molecular flexibility index (Phi) is 4.98. The summed E-state index contributed by atoms with van der Waals surface area (Å²) in [7, 11) is 0. The van der Waals surface area contributed by atoms with E-state index in [0.717, 1.165) is 12.8 Å². The Morgan fingerprint density at radius 2 is 1.85 bits per heavy atom. The van der Waals surface area contributed by atoms with Crippen molar-refractivity contribution < 1.29 is 5.11 Å². The summed E-state index contributed by atoms with van der Waals surface area (Å²) in [4.78, 5) is 1.24. The van der Waals surface area contributed by atoms with E-state index in [0.29, 0.717) is 5.92 Å². The lowest BCUT2D eigenvalue weighted by Crippen LogP contribution is -2.32. The number of thioether (sulfide) groups is 1. The summed E-state index contributed by atoms with van der Waals surface area (Å²) < 4.78 is 0. The van der Waals surface area contributed by atoms with Crippen LogP contribution in [0.25, 0.3) is 0 Å². The lowest BCUT2D eigenvalue weighted by Gasteiger charge is -2.30. The summed E-state index contributed by atoms with van der Waals surface area (Å²) in [5.74, 6) is 0.409. The molecule has 2 rings (SSSR count). The van der Waals surface area contributed by atoms with E-state index in [1.165, 1.54) is 10.5 Å². The minimum absolute atomic E-state index is 0.189. The molecule has 1 aliphatic carbocycles. The van der Waals surface area contributed by atoms with E-state index in [1.54, 1.807) is 11.8 Å². The molecule has 1 aromatic carbocycles. The van der Waals surface area contributed by atoms with Crippen molar-refractivity contribution in [2.45, 2.75) is 62.2 Å². The highest BCUT2D eigenvalue weighted by Gasteiger charge is 2.28. The van der Waals surface area contributed by atoms with Crippen molar-refractivity contribution in [3.8, 4) is 0 Å². The summed E-state index contributed by atoms with van der Waals surface area (Å²) in [5, 5.41) is 10.6. The Morgan fingerprint density at radius 3 is 2.40 bits per heavy atom. The second-order valence-corrected chi connectivity index (χ2v) is 7.93. The van der Waals surface area contributed by atoms with E-state index in [-0.39, 0.29) is 16.8 Å². The first-order valence-electron chi connectivity index (χ1n) is 7.53. The Labute approximate surface area is 127 Å². The van der Waals surface area contributed by atoms with E-state index < -0.39 is 0 Å². The highest BCUT2D eigenvalue weighted by Crippen LogP contribution is 2.35. The number of hydrogen-bond acceptors (Lipinski definition) is 2. The van der Waals surface area contributed by atoms with Gasteiger partial charge in [0.05, 0.1) is 11.4 Å². The van der Waals surface area contributed by atoms with Gasteiger partial charge in [0.15, 0.2) is 0 Å². The quantitative estimate of drug-likeness (QED) is 0.808. The fourth-order valence-corrected chi connectivity index (χ4v) is 3.78. The maximum atomic E-state index is 10.4.